The highest BCUT2D eigenvalue weighted by Crippen LogP contribution is 2.25. The Labute approximate surface area is 155 Å². The normalized spacial score (nSPS) is 10.8. The second-order valence-corrected chi connectivity index (χ2v) is 5.96. The first kappa shape index (κ1) is 18.7. The van der Waals surface area contributed by atoms with Gasteiger partial charge in [0.25, 0.3) is 5.91 Å². The summed E-state index contributed by atoms with van der Waals surface area (Å²) in [4.78, 5) is 12.1. The molecule has 0 bridgehead atoms. The first-order valence-corrected chi connectivity index (χ1v) is 8.13. The van der Waals surface area contributed by atoms with Gasteiger partial charge in [-0.1, -0.05) is 35.3 Å². The Morgan fingerprint density at radius 2 is 1.92 bits per heavy atom. The molecule has 0 atom stereocenters. The van der Waals surface area contributed by atoms with Crippen molar-refractivity contribution in [2.24, 2.45) is 0 Å². The Bertz CT molecular complexity index is 827. The highest BCUT2D eigenvalue weighted by atomic mass is 35.5. The second-order valence-electron chi connectivity index (χ2n) is 5.12. The van der Waals surface area contributed by atoms with Crippen LogP contribution in [0.3, 0.4) is 0 Å². The fraction of sp³-hybridized carbons (Fsp3) is 0.111. The molecule has 0 aliphatic rings. The van der Waals surface area contributed by atoms with Crippen LogP contribution in [0.5, 0.6) is 5.75 Å². The molecule has 0 saturated carbocycles. The average Bonchev–Trinajstić information content (AvgIpc) is 2.59. The zero-order chi connectivity index (χ0) is 18.2. The minimum atomic E-state index is -0.580. The molecule has 2 aromatic carbocycles. The van der Waals surface area contributed by atoms with Gasteiger partial charge in [-0.15, -0.1) is 0 Å². The molecule has 0 saturated heterocycles. The van der Waals surface area contributed by atoms with Gasteiger partial charge < -0.3 is 15.7 Å². The third kappa shape index (κ3) is 5.71. The van der Waals surface area contributed by atoms with Gasteiger partial charge in [0.1, 0.15) is 17.4 Å². The van der Waals surface area contributed by atoms with Gasteiger partial charge in [-0.05, 0) is 42.3 Å². The average molecular weight is 376 g/mol. The van der Waals surface area contributed by atoms with E-state index in [1.807, 2.05) is 6.07 Å². The number of hydrogen-bond acceptors (Lipinski definition) is 4. The minimum Gasteiger partial charge on any atom is -0.508 e. The van der Waals surface area contributed by atoms with Gasteiger partial charge in [0, 0.05) is 17.8 Å². The van der Waals surface area contributed by atoms with Crippen molar-refractivity contribution in [3.8, 4) is 11.8 Å². The van der Waals surface area contributed by atoms with E-state index in [1.165, 1.54) is 12.3 Å². The predicted octanol–water partition coefficient (Wildman–Crippen LogP) is 3.88. The summed E-state index contributed by atoms with van der Waals surface area (Å²) in [5.41, 5.74) is 1.28. The van der Waals surface area contributed by atoms with E-state index in [9.17, 15) is 9.90 Å². The quantitative estimate of drug-likeness (QED) is 0.406. The van der Waals surface area contributed by atoms with Crippen LogP contribution in [0, 0.1) is 11.3 Å². The number of rotatable bonds is 6. The first-order chi connectivity index (χ1) is 12.0. The fourth-order valence-corrected chi connectivity index (χ4v) is 2.32. The van der Waals surface area contributed by atoms with Crippen LogP contribution >= 0.6 is 23.2 Å². The maximum absolute atomic E-state index is 12.1. The summed E-state index contributed by atoms with van der Waals surface area (Å²) in [6.45, 7) is 0.529. The van der Waals surface area contributed by atoms with Crippen molar-refractivity contribution in [1.29, 1.82) is 5.26 Å². The van der Waals surface area contributed by atoms with Gasteiger partial charge in [0.05, 0.1) is 10.7 Å². The molecule has 0 unspecified atom stereocenters. The number of amides is 1. The summed E-state index contributed by atoms with van der Waals surface area (Å²) < 4.78 is 0. The fourth-order valence-electron chi connectivity index (χ4n) is 1.98. The highest BCUT2D eigenvalue weighted by molar-refractivity contribution is 6.35. The van der Waals surface area contributed by atoms with E-state index < -0.39 is 5.91 Å². The lowest BCUT2D eigenvalue weighted by atomic mass is 10.1. The lowest BCUT2D eigenvalue weighted by Crippen LogP contribution is -2.18. The van der Waals surface area contributed by atoms with Gasteiger partial charge >= 0.3 is 0 Å². The van der Waals surface area contributed by atoms with Crippen molar-refractivity contribution in [3.05, 3.63) is 69.8 Å². The number of hydrogen-bond donors (Lipinski definition) is 3. The van der Waals surface area contributed by atoms with Crippen LogP contribution in [0.2, 0.25) is 10.0 Å². The summed E-state index contributed by atoms with van der Waals surface area (Å²) in [6.07, 6.45) is 2.03. The SMILES string of the molecule is N#C/C(=C/NCCc1ccc(O)cc1)C(=O)Nc1cc(Cl)ccc1Cl. The van der Waals surface area contributed by atoms with Gasteiger partial charge in [0.15, 0.2) is 0 Å². The van der Waals surface area contributed by atoms with E-state index in [2.05, 4.69) is 10.6 Å². The standard InChI is InChI=1S/C18H15Cl2N3O2/c19-14-3-6-16(20)17(9-14)23-18(25)13(10-21)11-22-8-7-12-1-4-15(24)5-2-12/h1-6,9,11,22,24H,7-8H2,(H,23,25)/b13-11-. The van der Waals surface area contributed by atoms with Crippen molar-refractivity contribution in [1.82, 2.24) is 5.32 Å². The number of anilines is 1. The van der Waals surface area contributed by atoms with E-state index in [1.54, 1.807) is 36.4 Å². The number of phenolic OH excluding ortho intramolecular Hbond substituents is 1. The third-order valence-corrected chi connectivity index (χ3v) is 3.85. The summed E-state index contributed by atoms with van der Waals surface area (Å²) in [5, 5.41) is 24.6. The first-order valence-electron chi connectivity index (χ1n) is 7.37. The largest absolute Gasteiger partial charge is 0.508 e. The van der Waals surface area contributed by atoms with Crippen LogP contribution in [0.15, 0.2) is 54.2 Å². The molecule has 5 nitrogen and oxygen atoms in total. The molecule has 25 heavy (non-hydrogen) atoms. The van der Waals surface area contributed by atoms with Crippen LogP contribution in [0.4, 0.5) is 5.69 Å². The smallest absolute Gasteiger partial charge is 0.267 e. The van der Waals surface area contributed by atoms with Gasteiger partial charge in [-0.25, -0.2) is 0 Å². The summed E-state index contributed by atoms with van der Waals surface area (Å²) in [7, 11) is 0. The molecule has 0 radical (unpaired) electrons. The maximum atomic E-state index is 12.1. The summed E-state index contributed by atoms with van der Waals surface area (Å²) in [6, 6.07) is 13.3. The Morgan fingerprint density at radius 1 is 1.20 bits per heavy atom. The molecule has 7 heteroatoms. The Morgan fingerprint density at radius 3 is 2.60 bits per heavy atom. The van der Waals surface area contributed by atoms with Crippen molar-refractivity contribution >= 4 is 34.8 Å². The monoisotopic (exact) mass is 375 g/mol. The number of benzene rings is 2. The van der Waals surface area contributed by atoms with E-state index in [4.69, 9.17) is 28.5 Å². The van der Waals surface area contributed by atoms with Crippen LogP contribution in [0.1, 0.15) is 5.56 Å². The zero-order valence-electron chi connectivity index (χ0n) is 13.1. The van der Waals surface area contributed by atoms with Crippen molar-refractivity contribution in [2.75, 3.05) is 11.9 Å². The molecule has 0 aliphatic heterocycles. The molecule has 2 rings (SSSR count). The van der Waals surface area contributed by atoms with Crippen molar-refractivity contribution in [2.45, 2.75) is 6.42 Å². The molecule has 128 valence electrons. The molecule has 0 aromatic heterocycles. The molecule has 0 spiro atoms. The Balaban J connectivity index is 1.92. The number of nitrogens with one attached hydrogen (secondary N) is 2. The topological polar surface area (TPSA) is 85.2 Å². The van der Waals surface area contributed by atoms with Gasteiger partial charge in [-0.2, -0.15) is 5.26 Å². The molecule has 2 aromatic rings. The third-order valence-electron chi connectivity index (χ3n) is 3.28. The summed E-state index contributed by atoms with van der Waals surface area (Å²) >= 11 is 11.9. The predicted molar refractivity (Wildman–Crippen MR) is 98.6 cm³/mol. The zero-order valence-corrected chi connectivity index (χ0v) is 14.6. The Hall–Kier alpha value is -2.68. The lowest BCUT2D eigenvalue weighted by Gasteiger charge is -2.07. The number of aromatic hydroxyl groups is 1. The molecule has 3 N–H and O–H groups in total. The molecule has 0 aliphatic carbocycles. The van der Waals surface area contributed by atoms with E-state index in [0.29, 0.717) is 28.7 Å². The molecule has 0 fully saturated rings. The minimum absolute atomic E-state index is 0.0817. The number of carbonyl (C=O) groups is 1. The van der Waals surface area contributed by atoms with Gasteiger partial charge in [-0.3, -0.25) is 4.79 Å². The van der Waals surface area contributed by atoms with Crippen molar-refractivity contribution < 1.29 is 9.90 Å². The molecular weight excluding hydrogens is 361 g/mol. The number of nitrogens with zero attached hydrogens (tertiary/aromatic N) is 1. The van der Waals surface area contributed by atoms with Crippen LogP contribution in [0.25, 0.3) is 0 Å². The number of halogens is 2. The number of carbonyl (C=O) groups excluding carboxylic acids is 1. The maximum Gasteiger partial charge on any atom is 0.267 e. The molecular formula is C18H15Cl2N3O2. The van der Waals surface area contributed by atoms with E-state index in [0.717, 1.165) is 5.56 Å². The van der Waals surface area contributed by atoms with Crippen LogP contribution in [-0.2, 0) is 11.2 Å². The Kier molecular flexibility index (Phi) is 6.70. The highest BCUT2D eigenvalue weighted by Gasteiger charge is 2.11. The summed E-state index contributed by atoms with van der Waals surface area (Å²) in [5.74, 6) is -0.372. The van der Waals surface area contributed by atoms with E-state index in [-0.39, 0.29) is 11.3 Å². The lowest BCUT2D eigenvalue weighted by molar-refractivity contribution is -0.112. The molecule has 0 heterocycles. The van der Waals surface area contributed by atoms with Crippen LogP contribution in [-0.4, -0.2) is 17.6 Å². The van der Waals surface area contributed by atoms with E-state index >= 15 is 0 Å². The van der Waals surface area contributed by atoms with Crippen molar-refractivity contribution in [3.63, 3.8) is 0 Å². The molecule has 1 amide bonds. The second kappa shape index (κ2) is 8.97. The number of phenols is 1. The van der Waals surface area contributed by atoms with Gasteiger partial charge in [0.2, 0.25) is 0 Å². The van der Waals surface area contributed by atoms with Crippen LogP contribution < -0.4 is 10.6 Å². The number of nitriles is 1.